The van der Waals surface area contributed by atoms with Gasteiger partial charge in [0.2, 0.25) is 0 Å². The van der Waals surface area contributed by atoms with E-state index in [0.29, 0.717) is 16.7 Å². The number of aryl methyl sites for hydroxylation is 1. The molecule has 7 nitrogen and oxygen atoms in total. The van der Waals surface area contributed by atoms with Crippen molar-refractivity contribution in [2.24, 2.45) is 5.92 Å². The molecule has 0 saturated heterocycles. The van der Waals surface area contributed by atoms with Crippen molar-refractivity contribution in [2.45, 2.75) is 39.2 Å². The predicted molar refractivity (Wildman–Crippen MR) is 132 cm³/mol. The molecular formula is C28H29F2NO6. The zero-order valence-electron chi connectivity index (χ0n) is 21.2. The molecule has 3 rings (SSSR count). The average Bonchev–Trinajstić information content (AvgIpc) is 2.86. The molecule has 0 bridgehead atoms. The van der Waals surface area contributed by atoms with Gasteiger partial charge in [-0.2, -0.15) is 0 Å². The molecule has 37 heavy (non-hydrogen) atoms. The van der Waals surface area contributed by atoms with Gasteiger partial charge in [-0.15, -0.1) is 0 Å². The summed E-state index contributed by atoms with van der Waals surface area (Å²) in [6.45, 7) is 4.92. The Bertz CT molecular complexity index is 1300. The fourth-order valence-corrected chi connectivity index (χ4v) is 4.23. The minimum Gasteiger partial charge on any atom is -0.503 e. The number of aromatic hydroxyl groups is 1. The quantitative estimate of drug-likeness (QED) is 0.288. The molecule has 1 aromatic heterocycles. The van der Waals surface area contributed by atoms with E-state index in [-0.39, 0.29) is 23.6 Å². The molecule has 196 valence electrons. The predicted octanol–water partition coefficient (Wildman–Crippen LogP) is 5.36. The van der Waals surface area contributed by atoms with Crippen LogP contribution in [0.4, 0.5) is 8.78 Å². The third-order valence-electron chi connectivity index (χ3n) is 6.13. The van der Waals surface area contributed by atoms with Crippen molar-refractivity contribution in [1.82, 2.24) is 4.98 Å². The van der Waals surface area contributed by atoms with Gasteiger partial charge >= 0.3 is 5.97 Å². The van der Waals surface area contributed by atoms with Crippen LogP contribution in [0.3, 0.4) is 0 Å². The molecule has 0 spiro atoms. The molecule has 1 N–H and O–H groups in total. The standard InChI is InChI=1S/C28H29F2NO6/c1-15-12-18(29)6-8-20(15)25(21-9-7-19(30)14-24(21)36-5)17(3)37-28(34)16(2)13-22(32)26-27(33)23(35-4)10-11-31-26/h6-12,14,16-17,25,33H,13H2,1-5H3/t16-,17+,25-/m1/s1. The lowest BCUT2D eigenvalue weighted by atomic mass is 9.84. The number of pyridine rings is 1. The third kappa shape index (κ3) is 6.22. The summed E-state index contributed by atoms with van der Waals surface area (Å²) in [5.41, 5.74) is 1.62. The van der Waals surface area contributed by atoms with E-state index in [9.17, 15) is 23.5 Å². The molecule has 3 aromatic rings. The van der Waals surface area contributed by atoms with Crippen LogP contribution >= 0.6 is 0 Å². The summed E-state index contributed by atoms with van der Waals surface area (Å²) < 4.78 is 43.9. The zero-order valence-corrected chi connectivity index (χ0v) is 21.2. The number of ether oxygens (including phenoxy) is 3. The summed E-state index contributed by atoms with van der Waals surface area (Å²) in [5, 5.41) is 10.2. The molecule has 0 aliphatic rings. The molecule has 2 aromatic carbocycles. The second kappa shape index (κ2) is 11.8. The van der Waals surface area contributed by atoms with Crippen LogP contribution in [0.1, 0.15) is 53.4 Å². The van der Waals surface area contributed by atoms with Crippen molar-refractivity contribution < 1.29 is 37.7 Å². The Morgan fingerprint density at radius 3 is 2.19 bits per heavy atom. The Labute approximate surface area is 214 Å². The highest BCUT2D eigenvalue weighted by atomic mass is 19.1. The highest BCUT2D eigenvalue weighted by Gasteiger charge is 2.31. The first-order valence-electron chi connectivity index (χ1n) is 11.6. The van der Waals surface area contributed by atoms with Crippen LogP contribution in [0.2, 0.25) is 0 Å². The first-order valence-corrected chi connectivity index (χ1v) is 11.6. The molecule has 0 aliphatic heterocycles. The largest absolute Gasteiger partial charge is 0.503 e. The van der Waals surface area contributed by atoms with Gasteiger partial charge in [0.15, 0.2) is 23.0 Å². The highest BCUT2D eigenvalue weighted by Crippen LogP contribution is 2.38. The fourth-order valence-electron chi connectivity index (χ4n) is 4.23. The van der Waals surface area contributed by atoms with E-state index in [1.807, 2.05) is 0 Å². The Morgan fingerprint density at radius 2 is 1.57 bits per heavy atom. The molecule has 0 fully saturated rings. The Morgan fingerprint density at radius 1 is 0.946 bits per heavy atom. The van der Waals surface area contributed by atoms with Crippen LogP contribution < -0.4 is 9.47 Å². The number of benzene rings is 2. The molecular weight excluding hydrogens is 484 g/mol. The lowest BCUT2D eigenvalue weighted by molar-refractivity contribution is -0.153. The van der Waals surface area contributed by atoms with Gasteiger partial charge < -0.3 is 19.3 Å². The van der Waals surface area contributed by atoms with E-state index >= 15 is 0 Å². The van der Waals surface area contributed by atoms with Crippen LogP contribution in [0.15, 0.2) is 48.7 Å². The van der Waals surface area contributed by atoms with Gasteiger partial charge in [0.25, 0.3) is 0 Å². The van der Waals surface area contributed by atoms with Gasteiger partial charge in [0.05, 0.1) is 20.1 Å². The maximum absolute atomic E-state index is 13.9. The number of carbonyl (C=O) groups excluding carboxylic acids is 2. The minimum absolute atomic E-state index is 0.0907. The van der Waals surface area contributed by atoms with Crippen molar-refractivity contribution in [3.63, 3.8) is 0 Å². The maximum atomic E-state index is 13.9. The lowest BCUT2D eigenvalue weighted by Crippen LogP contribution is -2.28. The summed E-state index contributed by atoms with van der Waals surface area (Å²) in [4.78, 5) is 29.6. The highest BCUT2D eigenvalue weighted by molar-refractivity contribution is 5.99. The molecule has 1 heterocycles. The van der Waals surface area contributed by atoms with Crippen molar-refractivity contribution in [2.75, 3.05) is 14.2 Å². The molecule has 0 saturated carbocycles. The van der Waals surface area contributed by atoms with Gasteiger partial charge in [-0.3, -0.25) is 9.59 Å². The Balaban J connectivity index is 1.87. The topological polar surface area (TPSA) is 95.0 Å². The van der Waals surface area contributed by atoms with Crippen LogP contribution in [0.25, 0.3) is 0 Å². The average molecular weight is 514 g/mol. The number of methoxy groups -OCH3 is 2. The van der Waals surface area contributed by atoms with Gasteiger partial charge in [0.1, 0.15) is 23.5 Å². The fraction of sp³-hybridized carbons (Fsp3) is 0.321. The van der Waals surface area contributed by atoms with E-state index in [1.165, 1.54) is 63.7 Å². The van der Waals surface area contributed by atoms with Crippen molar-refractivity contribution in [1.29, 1.82) is 0 Å². The summed E-state index contributed by atoms with van der Waals surface area (Å²) in [6.07, 6.45) is 0.263. The van der Waals surface area contributed by atoms with Crippen molar-refractivity contribution in [3.8, 4) is 17.2 Å². The van der Waals surface area contributed by atoms with Crippen molar-refractivity contribution in [3.05, 3.63) is 82.7 Å². The summed E-state index contributed by atoms with van der Waals surface area (Å²) in [7, 11) is 2.75. The van der Waals surface area contributed by atoms with Crippen LogP contribution in [0.5, 0.6) is 17.2 Å². The zero-order chi connectivity index (χ0) is 27.3. The molecule has 0 unspecified atom stereocenters. The number of hydrogen-bond acceptors (Lipinski definition) is 7. The summed E-state index contributed by atoms with van der Waals surface area (Å²) in [6, 6.07) is 9.70. The molecule has 9 heteroatoms. The number of carbonyl (C=O) groups is 2. The maximum Gasteiger partial charge on any atom is 0.309 e. The molecule has 0 radical (unpaired) electrons. The summed E-state index contributed by atoms with van der Waals surface area (Å²) in [5.74, 6) is -3.68. The minimum atomic E-state index is -0.868. The van der Waals surface area contributed by atoms with Crippen LogP contribution in [0, 0.1) is 24.5 Å². The first kappa shape index (κ1) is 27.6. The van der Waals surface area contributed by atoms with Gasteiger partial charge in [0, 0.05) is 36.2 Å². The van der Waals surface area contributed by atoms with E-state index in [2.05, 4.69) is 4.98 Å². The second-order valence-electron chi connectivity index (χ2n) is 8.75. The molecule has 0 amide bonds. The van der Waals surface area contributed by atoms with Gasteiger partial charge in [-0.1, -0.05) is 19.1 Å². The number of hydrogen-bond donors (Lipinski definition) is 1. The first-order chi connectivity index (χ1) is 17.6. The number of esters is 1. The van der Waals surface area contributed by atoms with E-state index in [0.717, 1.165) is 0 Å². The van der Waals surface area contributed by atoms with E-state index < -0.39 is 47.1 Å². The lowest BCUT2D eigenvalue weighted by Gasteiger charge is -2.28. The number of ketones is 1. The normalized spacial score (nSPS) is 13.4. The number of Topliss-reactive ketones (excluding diaryl/α,β-unsaturated/α-hetero) is 1. The molecule has 0 aliphatic carbocycles. The van der Waals surface area contributed by atoms with E-state index in [4.69, 9.17) is 14.2 Å². The van der Waals surface area contributed by atoms with Crippen molar-refractivity contribution >= 4 is 11.8 Å². The van der Waals surface area contributed by atoms with E-state index in [1.54, 1.807) is 19.9 Å². The number of rotatable bonds is 10. The third-order valence-corrected chi connectivity index (χ3v) is 6.13. The smallest absolute Gasteiger partial charge is 0.309 e. The number of aromatic nitrogens is 1. The second-order valence-corrected chi connectivity index (χ2v) is 8.75. The van der Waals surface area contributed by atoms with Gasteiger partial charge in [-0.05, 0) is 43.2 Å². The monoisotopic (exact) mass is 513 g/mol. The summed E-state index contributed by atoms with van der Waals surface area (Å²) >= 11 is 0. The van der Waals surface area contributed by atoms with Gasteiger partial charge in [-0.25, -0.2) is 13.8 Å². The van der Waals surface area contributed by atoms with Crippen LogP contribution in [-0.2, 0) is 9.53 Å². The molecule has 3 atom stereocenters. The Hall–Kier alpha value is -4.01. The SMILES string of the molecule is COc1cc(F)ccc1[C@@H](c1ccc(F)cc1C)[C@H](C)OC(=O)[C@H](C)CC(=O)c1nccc(OC)c1O. The number of nitrogens with zero attached hydrogens (tertiary/aromatic N) is 1. The van der Waals surface area contributed by atoms with Crippen LogP contribution in [-0.4, -0.2) is 42.2 Å². The number of halogens is 2. The Kier molecular flexibility index (Phi) is 8.81.